The van der Waals surface area contributed by atoms with E-state index in [2.05, 4.69) is 15.6 Å². The third-order valence-electron chi connectivity index (χ3n) is 4.00. The van der Waals surface area contributed by atoms with Gasteiger partial charge < -0.3 is 9.84 Å². The van der Waals surface area contributed by atoms with E-state index in [4.69, 9.17) is 4.52 Å². The minimum absolute atomic E-state index is 0.0801. The highest BCUT2D eigenvalue weighted by atomic mass is 16.5. The smallest absolute Gasteiger partial charge is 0.220 e. The molecule has 6 heteroatoms. The Morgan fingerprint density at radius 3 is 2.90 bits per heavy atom. The first kappa shape index (κ1) is 13.9. The maximum Gasteiger partial charge on any atom is 0.220 e. The summed E-state index contributed by atoms with van der Waals surface area (Å²) in [6, 6.07) is 2.00. The number of hydrogen-bond acceptors (Lipinski definition) is 4. The summed E-state index contributed by atoms with van der Waals surface area (Å²) in [6.07, 6.45) is 2.53. The van der Waals surface area contributed by atoms with Crippen LogP contribution < -0.4 is 5.32 Å². The van der Waals surface area contributed by atoms with Crippen LogP contribution in [0.2, 0.25) is 0 Å². The van der Waals surface area contributed by atoms with E-state index in [-0.39, 0.29) is 11.9 Å². The fourth-order valence-electron chi connectivity index (χ4n) is 3.03. The van der Waals surface area contributed by atoms with Crippen molar-refractivity contribution >= 4 is 5.91 Å². The molecule has 1 N–H and O–H groups in total. The van der Waals surface area contributed by atoms with Crippen molar-refractivity contribution in [1.82, 2.24) is 20.3 Å². The number of aryl methyl sites for hydroxylation is 2. The van der Waals surface area contributed by atoms with E-state index in [1.54, 1.807) is 0 Å². The second kappa shape index (κ2) is 5.35. The van der Waals surface area contributed by atoms with Gasteiger partial charge in [-0.05, 0) is 33.6 Å². The first-order valence-corrected chi connectivity index (χ1v) is 7.30. The molecule has 1 atom stereocenters. The van der Waals surface area contributed by atoms with Crippen molar-refractivity contribution < 1.29 is 9.32 Å². The minimum Gasteiger partial charge on any atom is -0.359 e. The maximum atomic E-state index is 11.6. The highest BCUT2D eigenvalue weighted by molar-refractivity contribution is 5.77. The van der Waals surface area contributed by atoms with Crippen LogP contribution in [0.25, 0.3) is 0 Å². The lowest BCUT2D eigenvalue weighted by molar-refractivity contribution is -0.123. The van der Waals surface area contributed by atoms with E-state index in [9.17, 15) is 4.79 Å². The Bertz CT molecular complexity index is 671. The van der Waals surface area contributed by atoms with Gasteiger partial charge in [-0.3, -0.25) is 9.48 Å². The van der Waals surface area contributed by atoms with Gasteiger partial charge in [-0.2, -0.15) is 5.10 Å². The Morgan fingerprint density at radius 1 is 1.43 bits per heavy atom. The molecular weight excluding hydrogens is 268 g/mol. The molecule has 0 saturated carbocycles. The van der Waals surface area contributed by atoms with E-state index in [0.29, 0.717) is 13.0 Å². The van der Waals surface area contributed by atoms with E-state index in [1.807, 2.05) is 31.5 Å². The van der Waals surface area contributed by atoms with Gasteiger partial charge >= 0.3 is 0 Å². The Morgan fingerprint density at radius 2 is 2.24 bits per heavy atom. The van der Waals surface area contributed by atoms with Crippen molar-refractivity contribution in [2.45, 2.75) is 52.6 Å². The maximum absolute atomic E-state index is 11.6. The second-order valence-electron chi connectivity index (χ2n) is 5.69. The lowest BCUT2D eigenvalue weighted by Gasteiger charge is -2.23. The number of aromatic nitrogens is 3. The van der Waals surface area contributed by atoms with E-state index < -0.39 is 0 Å². The molecule has 0 bridgehead atoms. The largest absolute Gasteiger partial charge is 0.359 e. The Balaban J connectivity index is 1.87. The molecule has 0 radical (unpaired) electrons. The molecule has 112 valence electrons. The van der Waals surface area contributed by atoms with Crippen LogP contribution in [-0.2, 0) is 11.3 Å². The van der Waals surface area contributed by atoms with Crippen LogP contribution in [0.4, 0.5) is 0 Å². The number of rotatable bonds is 3. The normalized spacial score (nSPS) is 18.8. The SMILES string of the molecule is Cc1cc(Cn2nc(C)c(C3CCCC(=O)N3)c2C)on1. The molecule has 6 nitrogen and oxygen atoms in total. The van der Waals surface area contributed by atoms with Crippen molar-refractivity contribution in [3.05, 3.63) is 34.5 Å². The van der Waals surface area contributed by atoms with Crippen molar-refractivity contribution in [3.8, 4) is 0 Å². The summed E-state index contributed by atoms with van der Waals surface area (Å²) in [7, 11) is 0. The monoisotopic (exact) mass is 288 g/mol. The van der Waals surface area contributed by atoms with E-state index >= 15 is 0 Å². The van der Waals surface area contributed by atoms with Gasteiger partial charge in [0, 0.05) is 23.7 Å². The Labute approximate surface area is 123 Å². The summed E-state index contributed by atoms with van der Waals surface area (Å²) >= 11 is 0. The molecule has 1 aliphatic rings. The topological polar surface area (TPSA) is 73.0 Å². The molecule has 1 unspecified atom stereocenters. The predicted octanol–water partition coefficient (Wildman–Crippen LogP) is 2.19. The zero-order valence-electron chi connectivity index (χ0n) is 12.6. The predicted molar refractivity (Wildman–Crippen MR) is 76.8 cm³/mol. The van der Waals surface area contributed by atoms with Crippen LogP contribution in [0.15, 0.2) is 10.6 Å². The molecule has 2 aromatic heterocycles. The molecule has 21 heavy (non-hydrogen) atoms. The number of nitrogens with one attached hydrogen (secondary N) is 1. The van der Waals surface area contributed by atoms with Gasteiger partial charge in [-0.15, -0.1) is 0 Å². The highest BCUT2D eigenvalue weighted by Crippen LogP contribution is 2.28. The first-order chi connectivity index (χ1) is 10.0. The Hall–Kier alpha value is -2.11. The summed E-state index contributed by atoms with van der Waals surface area (Å²) in [6.45, 7) is 6.50. The lowest BCUT2D eigenvalue weighted by Crippen LogP contribution is -2.33. The van der Waals surface area contributed by atoms with Crippen molar-refractivity contribution in [3.63, 3.8) is 0 Å². The number of hydrogen-bond donors (Lipinski definition) is 1. The van der Waals surface area contributed by atoms with Crippen molar-refractivity contribution in [1.29, 1.82) is 0 Å². The molecule has 0 spiro atoms. The van der Waals surface area contributed by atoms with Crippen LogP contribution in [0, 0.1) is 20.8 Å². The third-order valence-corrected chi connectivity index (χ3v) is 4.00. The quantitative estimate of drug-likeness (QED) is 0.939. The molecule has 1 amide bonds. The van der Waals surface area contributed by atoms with Gasteiger partial charge in [0.15, 0.2) is 5.76 Å². The molecule has 0 aromatic carbocycles. The number of amides is 1. The van der Waals surface area contributed by atoms with Crippen molar-refractivity contribution in [2.24, 2.45) is 0 Å². The Kier molecular flexibility index (Phi) is 3.53. The standard InChI is InChI=1S/C15H20N4O2/c1-9-7-12(21-18-9)8-19-11(3)15(10(2)17-19)13-5-4-6-14(20)16-13/h7,13H,4-6,8H2,1-3H3,(H,16,20). The molecule has 3 heterocycles. The number of nitrogens with zero attached hydrogens (tertiary/aromatic N) is 3. The third kappa shape index (κ3) is 2.70. The summed E-state index contributed by atoms with van der Waals surface area (Å²) < 4.78 is 7.18. The molecule has 1 saturated heterocycles. The minimum atomic E-state index is 0.0801. The highest BCUT2D eigenvalue weighted by Gasteiger charge is 2.25. The van der Waals surface area contributed by atoms with Crippen LogP contribution in [0.1, 0.15) is 53.7 Å². The fourth-order valence-corrected chi connectivity index (χ4v) is 3.03. The van der Waals surface area contributed by atoms with Gasteiger partial charge in [0.1, 0.15) is 6.54 Å². The van der Waals surface area contributed by atoms with Gasteiger partial charge in [0.05, 0.1) is 17.4 Å². The average Bonchev–Trinajstić information content (AvgIpc) is 2.94. The number of carbonyl (C=O) groups excluding carboxylic acids is 1. The van der Waals surface area contributed by atoms with E-state index in [0.717, 1.165) is 41.2 Å². The van der Waals surface area contributed by atoms with Crippen molar-refractivity contribution in [2.75, 3.05) is 0 Å². The molecular formula is C15H20N4O2. The first-order valence-electron chi connectivity index (χ1n) is 7.30. The second-order valence-corrected chi connectivity index (χ2v) is 5.69. The van der Waals surface area contributed by atoms with Gasteiger partial charge in [-0.1, -0.05) is 5.16 Å². The number of piperidine rings is 1. The summed E-state index contributed by atoms with van der Waals surface area (Å²) in [5.41, 5.74) is 4.05. The molecule has 3 rings (SSSR count). The van der Waals surface area contributed by atoms with Gasteiger partial charge in [0.2, 0.25) is 5.91 Å². The molecule has 2 aromatic rings. The molecule has 0 aliphatic carbocycles. The van der Waals surface area contributed by atoms with Crippen LogP contribution in [0.5, 0.6) is 0 Å². The molecule has 1 aliphatic heterocycles. The van der Waals surface area contributed by atoms with Gasteiger partial charge in [-0.25, -0.2) is 0 Å². The van der Waals surface area contributed by atoms with Crippen LogP contribution >= 0.6 is 0 Å². The van der Waals surface area contributed by atoms with Crippen LogP contribution in [0.3, 0.4) is 0 Å². The zero-order valence-corrected chi connectivity index (χ0v) is 12.6. The average molecular weight is 288 g/mol. The zero-order chi connectivity index (χ0) is 15.0. The summed E-state index contributed by atoms with van der Waals surface area (Å²) in [5.74, 6) is 0.918. The number of carbonyl (C=O) groups is 1. The summed E-state index contributed by atoms with van der Waals surface area (Å²) in [4.78, 5) is 11.6. The fraction of sp³-hybridized carbons (Fsp3) is 0.533. The van der Waals surface area contributed by atoms with E-state index in [1.165, 1.54) is 0 Å². The summed E-state index contributed by atoms with van der Waals surface area (Å²) in [5, 5.41) is 11.6. The molecule has 1 fully saturated rings. The van der Waals surface area contributed by atoms with Crippen LogP contribution in [-0.4, -0.2) is 20.8 Å². The lowest BCUT2D eigenvalue weighted by atomic mass is 9.96. The van der Waals surface area contributed by atoms with Gasteiger partial charge in [0.25, 0.3) is 0 Å².